The third kappa shape index (κ3) is 2.91. The van der Waals surface area contributed by atoms with Gasteiger partial charge in [0.2, 0.25) is 0 Å². The summed E-state index contributed by atoms with van der Waals surface area (Å²) in [5, 5.41) is 0. The Morgan fingerprint density at radius 1 is 1.36 bits per heavy atom. The number of anilines is 1. The van der Waals surface area contributed by atoms with E-state index in [-0.39, 0.29) is 11.9 Å². The van der Waals surface area contributed by atoms with Crippen molar-refractivity contribution in [1.29, 1.82) is 0 Å². The van der Waals surface area contributed by atoms with E-state index in [0.29, 0.717) is 30.4 Å². The van der Waals surface area contributed by atoms with Crippen LogP contribution in [0.1, 0.15) is 33.1 Å². The van der Waals surface area contributed by atoms with Crippen LogP contribution in [0.4, 0.5) is 5.69 Å². The summed E-state index contributed by atoms with van der Waals surface area (Å²) in [5.74, 6) is 1.77. The summed E-state index contributed by atoms with van der Waals surface area (Å²) in [6, 6.07) is 5.61. The van der Waals surface area contributed by atoms with Crippen molar-refractivity contribution in [2.45, 2.75) is 44.8 Å². The van der Waals surface area contributed by atoms with Crippen molar-refractivity contribution >= 4 is 11.6 Å². The fourth-order valence-electron chi connectivity index (χ4n) is 3.96. The van der Waals surface area contributed by atoms with E-state index in [1.54, 1.807) is 14.2 Å². The number of amides is 1. The van der Waals surface area contributed by atoms with Crippen molar-refractivity contribution < 1.29 is 19.0 Å². The zero-order chi connectivity index (χ0) is 18.2. The van der Waals surface area contributed by atoms with E-state index in [1.165, 1.54) is 0 Å². The number of carbonyl (C=O) groups is 1. The van der Waals surface area contributed by atoms with Crippen molar-refractivity contribution in [2.24, 2.45) is 5.92 Å². The van der Waals surface area contributed by atoms with E-state index in [2.05, 4.69) is 20.4 Å². The molecule has 1 aromatic carbocycles. The molecule has 0 unspecified atom stereocenters. The lowest BCUT2D eigenvalue weighted by Gasteiger charge is -2.28. The van der Waals surface area contributed by atoms with Crippen LogP contribution in [0, 0.1) is 5.92 Å². The van der Waals surface area contributed by atoms with E-state index in [9.17, 15) is 4.79 Å². The zero-order valence-corrected chi connectivity index (χ0v) is 15.5. The second kappa shape index (κ2) is 6.71. The van der Waals surface area contributed by atoms with Gasteiger partial charge in [0.05, 0.1) is 26.5 Å². The van der Waals surface area contributed by atoms with Crippen LogP contribution in [0.2, 0.25) is 0 Å². The second-order valence-electron chi connectivity index (χ2n) is 7.23. The minimum Gasteiger partial charge on any atom is -0.497 e. The summed E-state index contributed by atoms with van der Waals surface area (Å²) in [5.41, 5.74) is 0.783. The van der Waals surface area contributed by atoms with Crippen molar-refractivity contribution in [3.05, 3.63) is 30.4 Å². The second-order valence-corrected chi connectivity index (χ2v) is 7.23. The minimum atomic E-state index is -0.871. The summed E-state index contributed by atoms with van der Waals surface area (Å²) in [6.07, 6.45) is 2.30. The van der Waals surface area contributed by atoms with Gasteiger partial charge in [-0.25, -0.2) is 0 Å². The average molecular weight is 345 g/mol. The molecule has 2 aliphatic heterocycles. The molecular formula is C20H27NO4. The maximum atomic E-state index is 13.4. The number of benzene rings is 1. The number of ether oxygens (including phenoxy) is 3. The molecule has 5 nitrogen and oxygen atoms in total. The molecule has 2 heterocycles. The third-order valence-corrected chi connectivity index (χ3v) is 5.17. The van der Waals surface area contributed by atoms with Crippen LogP contribution in [-0.4, -0.2) is 38.4 Å². The number of hydrogen-bond donors (Lipinski definition) is 0. The van der Waals surface area contributed by atoms with Crippen LogP contribution in [0.25, 0.3) is 0 Å². The highest BCUT2D eigenvalue weighted by molar-refractivity contribution is 6.06. The van der Waals surface area contributed by atoms with Gasteiger partial charge in [-0.1, -0.05) is 20.4 Å². The molecule has 0 aliphatic carbocycles. The monoisotopic (exact) mass is 345 g/mol. The van der Waals surface area contributed by atoms with Crippen molar-refractivity contribution in [2.75, 3.05) is 25.7 Å². The Balaban J connectivity index is 2.05. The lowest BCUT2D eigenvalue weighted by molar-refractivity contribution is -0.131. The first kappa shape index (κ1) is 17.8. The van der Waals surface area contributed by atoms with Gasteiger partial charge in [-0.2, -0.15) is 0 Å². The first-order valence-corrected chi connectivity index (χ1v) is 8.81. The largest absolute Gasteiger partial charge is 0.497 e. The SMILES string of the molecule is C=C1CCO[C@@]12C[C@H](CC(C)C)N(c1ccc(OC)cc1OC)C2=O. The molecule has 1 spiro atoms. The Morgan fingerprint density at radius 2 is 2.12 bits per heavy atom. The molecule has 1 aromatic rings. The molecule has 0 saturated carbocycles. The van der Waals surface area contributed by atoms with Crippen molar-refractivity contribution in [1.82, 2.24) is 0 Å². The molecule has 2 saturated heterocycles. The average Bonchev–Trinajstić information content (AvgIpc) is 3.08. The Hall–Kier alpha value is -2.01. The highest BCUT2D eigenvalue weighted by Gasteiger charge is 2.57. The van der Waals surface area contributed by atoms with E-state index in [0.717, 1.165) is 24.1 Å². The third-order valence-electron chi connectivity index (χ3n) is 5.17. The fourth-order valence-corrected chi connectivity index (χ4v) is 3.96. The van der Waals surface area contributed by atoms with Crippen LogP contribution in [0.3, 0.4) is 0 Å². The maximum Gasteiger partial charge on any atom is 0.263 e. The molecular weight excluding hydrogens is 318 g/mol. The Bertz CT molecular complexity index is 684. The summed E-state index contributed by atoms with van der Waals surface area (Å²) >= 11 is 0. The van der Waals surface area contributed by atoms with Crippen LogP contribution in [0.15, 0.2) is 30.4 Å². The summed E-state index contributed by atoms with van der Waals surface area (Å²) in [6.45, 7) is 9.03. The van der Waals surface area contributed by atoms with E-state index in [4.69, 9.17) is 14.2 Å². The van der Waals surface area contributed by atoms with Crippen molar-refractivity contribution in [3.8, 4) is 11.5 Å². The highest BCUT2D eigenvalue weighted by atomic mass is 16.5. The fraction of sp³-hybridized carbons (Fsp3) is 0.550. The van der Waals surface area contributed by atoms with Gasteiger partial charge < -0.3 is 19.1 Å². The summed E-state index contributed by atoms with van der Waals surface area (Å²) < 4.78 is 16.8. The van der Waals surface area contributed by atoms with Gasteiger partial charge in [0.25, 0.3) is 5.91 Å². The number of carbonyl (C=O) groups excluding carboxylic acids is 1. The van der Waals surface area contributed by atoms with Gasteiger partial charge >= 0.3 is 0 Å². The van der Waals surface area contributed by atoms with Gasteiger partial charge in [0.1, 0.15) is 11.5 Å². The Labute approximate surface area is 149 Å². The first-order valence-electron chi connectivity index (χ1n) is 8.81. The van der Waals surface area contributed by atoms with Crippen molar-refractivity contribution in [3.63, 3.8) is 0 Å². The molecule has 0 N–H and O–H groups in total. The molecule has 1 amide bonds. The van der Waals surface area contributed by atoms with Crippen LogP contribution >= 0.6 is 0 Å². The van der Waals surface area contributed by atoms with Gasteiger partial charge in [-0.05, 0) is 36.5 Å². The number of methoxy groups -OCH3 is 2. The normalized spacial score (nSPS) is 26.1. The summed E-state index contributed by atoms with van der Waals surface area (Å²) in [4.78, 5) is 15.3. The predicted octanol–water partition coefficient (Wildman–Crippen LogP) is 3.57. The Kier molecular flexibility index (Phi) is 4.78. The van der Waals surface area contributed by atoms with Crippen LogP contribution in [-0.2, 0) is 9.53 Å². The minimum absolute atomic E-state index is 0.0240. The molecule has 25 heavy (non-hydrogen) atoms. The van der Waals surface area contributed by atoms with Gasteiger partial charge in [0, 0.05) is 18.5 Å². The molecule has 2 aliphatic rings. The maximum absolute atomic E-state index is 13.4. The van der Waals surface area contributed by atoms with Crippen LogP contribution < -0.4 is 14.4 Å². The lowest BCUT2D eigenvalue weighted by atomic mass is 9.89. The molecule has 136 valence electrons. The predicted molar refractivity (Wildman–Crippen MR) is 97.3 cm³/mol. The molecule has 0 bridgehead atoms. The molecule has 3 rings (SSSR count). The van der Waals surface area contributed by atoms with Gasteiger partial charge in [-0.15, -0.1) is 0 Å². The number of nitrogens with zero attached hydrogens (tertiary/aromatic N) is 1. The molecule has 0 radical (unpaired) electrons. The number of rotatable bonds is 5. The number of hydrogen-bond acceptors (Lipinski definition) is 4. The van der Waals surface area contributed by atoms with Gasteiger partial charge in [0.15, 0.2) is 5.60 Å². The van der Waals surface area contributed by atoms with Crippen LogP contribution in [0.5, 0.6) is 11.5 Å². The smallest absolute Gasteiger partial charge is 0.263 e. The molecule has 2 atom stereocenters. The molecule has 2 fully saturated rings. The standard InChI is InChI=1S/C20H27NO4/c1-13(2)10-15-12-20(14(3)8-9-25-20)19(22)21(15)17-7-6-16(23-4)11-18(17)24-5/h6-7,11,13,15H,3,8-10,12H2,1-2,4-5H3/t15-,20-/m0/s1. The van der Waals surface area contributed by atoms with Gasteiger partial charge in [-0.3, -0.25) is 4.79 Å². The first-order chi connectivity index (χ1) is 11.9. The quantitative estimate of drug-likeness (QED) is 0.766. The zero-order valence-electron chi connectivity index (χ0n) is 15.5. The molecule has 0 aromatic heterocycles. The summed E-state index contributed by atoms with van der Waals surface area (Å²) in [7, 11) is 3.22. The molecule has 5 heteroatoms. The lowest BCUT2D eigenvalue weighted by Crippen LogP contribution is -2.41. The highest BCUT2D eigenvalue weighted by Crippen LogP contribution is 2.47. The Morgan fingerprint density at radius 3 is 2.68 bits per heavy atom. The topological polar surface area (TPSA) is 48.0 Å². The van der Waals surface area contributed by atoms with E-state index in [1.807, 2.05) is 23.1 Å². The van der Waals surface area contributed by atoms with E-state index >= 15 is 0 Å². The van der Waals surface area contributed by atoms with E-state index < -0.39 is 5.60 Å².